The smallest absolute Gasteiger partial charge is 0.294 e. The average molecular weight is 383 g/mol. The Hall–Kier alpha value is -2.17. The number of rotatable bonds is 3. The maximum atomic E-state index is 11.1. The van der Waals surface area contributed by atoms with Crippen LogP contribution in [-0.2, 0) is 10.1 Å². The average Bonchev–Trinajstić information content (AvgIpc) is 2.55. The molecule has 3 rings (SSSR count). The molecule has 26 heavy (non-hydrogen) atoms. The van der Waals surface area contributed by atoms with Crippen LogP contribution < -0.4 is 0 Å². The molecule has 0 unspecified atom stereocenters. The van der Waals surface area contributed by atoms with Gasteiger partial charge in [0.15, 0.2) is 5.75 Å². The zero-order chi connectivity index (χ0) is 18.2. The van der Waals surface area contributed by atoms with Crippen molar-refractivity contribution in [1.29, 1.82) is 0 Å². The van der Waals surface area contributed by atoms with E-state index in [0.29, 0.717) is 10.8 Å². The van der Waals surface area contributed by atoms with E-state index >= 15 is 0 Å². The minimum Gasteiger partial charge on any atom is -0.507 e. The molecule has 1 radical (unpaired) electrons. The SMILES string of the molecule is O=S(=O)(O)c1ccc(O)c(N=Nc2ccc3c(O)cccc3c2O)c1.[Na]. The molecule has 0 atom stereocenters. The molecule has 4 N–H and O–H groups in total. The molecular formula is C16H12N2NaO6S. The Morgan fingerprint density at radius 2 is 1.46 bits per heavy atom. The minimum atomic E-state index is -4.46. The van der Waals surface area contributed by atoms with Gasteiger partial charge in [0.1, 0.15) is 22.9 Å². The molecule has 3 aromatic rings. The van der Waals surface area contributed by atoms with E-state index in [4.69, 9.17) is 4.55 Å². The van der Waals surface area contributed by atoms with Gasteiger partial charge in [-0.05, 0) is 36.4 Å². The fourth-order valence-corrected chi connectivity index (χ4v) is 2.75. The number of benzene rings is 3. The van der Waals surface area contributed by atoms with E-state index < -0.39 is 15.0 Å². The summed E-state index contributed by atoms with van der Waals surface area (Å²) in [5.41, 5.74) is -0.153. The second-order valence-corrected chi connectivity index (χ2v) is 6.55. The third kappa shape index (κ3) is 3.97. The van der Waals surface area contributed by atoms with Gasteiger partial charge in [-0.15, -0.1) is 10.2 Å². The molecule has 0 aliphatic rings. The molecule has 0 heterocycles. The fraction of sp³-hybridized carbons (Fsp3) is 0. The number of fused-ring (bicyclic) bond motifs is 1. The molecule has 3 aromatic carbocycles. The van der Waals surface area contributed by atoms with Crippen molar-refractivity contribution in [3.63, 3.8) is 0 Å². The first kappa shape index (κ1) is 20.1. The monoisotopic (exact) mass is 383 g/mol. The van der Waals surface area contributed by atoms with Crippen molar-refractivity contribution < 1.29 is 28.3 Å². The molecule has 0 fully saturated rings. The Labute approximate surface area is 170 Å². The van der Waals surface area contributed by atoms with Gasteiger partial charge in [0, 0.05) is 40.3 Å². The number of azo groups is 1. The zero-order valence-corrected chi connectivity index (χ0v) is 16.3. The van der Waals surface area contributed by atoms with E-state index in [2.05, 4.69) is 10.2 Å². The molecule has 129 valence electrons. The Morgan fingerprint density at radius 3 is 2.15 bits per heavy atom. The predicted molar refractivity (Wildman–Crippen MR) is 95.1 cm³/mol. The van der Waals surface area contributed by atoms with Gasteiger partial charge in [-0.1, -0.05) is 12.1 Å². The van der Waals surface area contributed by atoms with Crippen LogP contribution >= 0.6 is 0 Å². The van der Waals surface area contributed by atoms with Crippen molar-refractivity contribution in [2.24, 2.45) is 10.2 Å². The van der Waals surface area contributed by atoms with Crippen LogP contribution in [-0.4, -0.2) is 57.8 Å². The van der Waals surface area contributed by atoms with E-state index in [9.17, 15) is 23.7 Å². The second kappa shape index (κ2) is 7.60. The first-order valence-electron chi connectivity index (χ1n) is 6.93. The van der Waals surface area contributed by atoms with E-state index in [1.807, 2.05) is 0 Å². The van der Waals surface area contributed by atoms with Gasteiger partial charge in [0.2, 0.25) is 0 Å². The Morgan fingerprint density at radius 1 is 0.769 bits per heavy atom. The van der Waals surface area contributed by atoms with Crippen LogP contribution in [0.1, 0.15) is 0 Å². The maximum absolute atomic E-state index is 11.1. The summed E-state index contributed by atoms with van der Waals surface area (Å²) in [7, 11) is -4.46. The van der Waals surface area contributed by atoms with E-state index in [-0.39, 0.29) is 58.2 Å². The number of aromatic hydroxyl groups is 3. The van der Waals surface area contributed by atoms with Crippen LogP contribution in [0.5, 0.6) is 17.2 Å². The standard InChI is InChI=1S/C16H12N2O6S.Na/c19-14-3-1-2-11-10(14)5-6-12(16(11)21)17-18-13-8-9(25(22,23)24)4-7-15(13)20;/h1-8,19-21H,(H,22,23,24);. The van der Waals surface area contributed by atoms with Crippen molar-refractivity contribution in [2.75, 3.05) is 0 Å². The molecule has 0 saturated heterocycles. The van der Waals surface area contributed by atoms with E-state index in [0.717, 1.165) is 18.2 Å². The number of nitrogens with zero attached hydrogens (tertiary/aromatic N) is 2. The summed E-state index contributed by atoms with van der Waals surface area (Å²) in [6.45, 7) is 0. The number of phenolic OH excluding ortho intramolecular Hbond substituents is 3. The van der Waals surface area contributed by atoms with E-state index in [1.54, 1.807) is 12.1 Å². The van der Waals surface area contributed by atoms with Gasteiger partial charge in [-0.2, -0.15) is 8.42 Å². The van der Waals surface area contributed by atoms with Gasteiger partial charge in [0.05, 0.1) is 4.90 Å². The number of hydrogen-bond acceptors (Lipinski definition) is 7. The normalized spacial score (nSPS) is 11.6. The Balaban J connectivity index is 0.00000243. The molecule has 0 aromatic heterocycles. The van der Waals surface area contributed by atoms with Crippen LogP contribution in [0.2, 0.25) is 0 Å². The number of phenols is 3. The summed E-state index contributed by atoms with van der Waals surface area (Å²) in [6.07, 6.45) is 0. The van der Waals surface area contributed by atoms with Gasteiger partial charge in [0.25, 0.3) is 10.1 Å². The third-order valence-electron chi connectivity index (χ3n) is 3.50. The number of hydrogen-bond donors (Lipinski definition) is 4. The summed E-state index contributed by atoms with van der Waals surface area (Å²) < 4.78 is 31.3. The molecule has 0 aliphatic heterocycles. The summed E-state index contributed by atoms with van der Waals surface area (Å²) >= 11 is 0. The van der Waals surface area contributed by atoms with Crippen molar-refractivity contribution in [2.45, 2.75) is 4.90 Å². The summed E-state index contributed by atoms with van der Waals surface area (Å²) in [4.78, 5) is -0.452. The maximum Gasteiger partial charge on any atom is 0.294 e. The van der Waals surface area contributed by atoms with Crippen LogP contribution in [0.15, 0.2) is 63.7 Å². The summed E-state index contributed by atoms with van der Waals surface area (Å²) in [5, 5.41) is 38.0. The van der Waals surface area contributed by atoms with Gasteiger partial charge >= 0.3 is 0 Å². The predicted octanol–water partition coefficient (Wildman–Crippen LogP) is 3.24. The fourth-order valence-electron chi connectivity index (χ4n) is 2.25. The van der Waals surface area contributed by atoms with Crippen LogP contribution in [0.3, 0.4) is 0 Å². The van der Waals surface area contributed by atoms with Crippen molar-refractivity contribution in [3.05, 3.63) is 48.5 Å². The largest absolute Gasteiger partial charge is 0.507 e. The van der Waals surface area contributed by atoms with Crippen LogP contribution in [0.25, 0.3) is 10.8 Å². The molecule has 0 aliphatic carbocycles. The molecule has 0 spiro atoms. The zero-order valence-electron chi connectivity index (χ0n) is 13.5. The van der Waals surface area contributed by atoms with Crippen molar-refractivity contribution in [1.82, 2.24) is 0 Å². The summed E-state index contributed by atoms with van der Waals surface area (Å²) in [6, 6.07) is 10.6. The van der Waals surface area contributed by atoms with Crippen molar-refractivity contribution >= 4 is 61.8 Å². The third-order valence-corrected chi connectivity index (χ3v) is 4.35. The molecule has 0 amide bonds. The first-order chi connectivity index (χ1) is 11.8. The van der Waals surface area contributed by atoms with Crippen LogP contribution in [0.4, 0.5) is 11.4 Å². The topological polar surface area (TPSA) is 140 Å². The Kier molecular flexibility index (Phi) is 5.89. The van der Waals surface area contributed by atoms with Gasteiger partial charge < -0.3 is 15.3 Å². The Bertz CT molecular complexity index is 1120. The summed E-state index contributed by atoms with van der Waals surface area (Å²) in [5.74, 6) is -0.591. The van der Waals surface area contributed by atoms with E-state index in [1.165, 1.54) is 18.2 Å². The molecular weight excluding hydrogens is 371 g/mol. The minimum absolute atomic E-state index is 0. The molecule has 0 saturated carbocycles. The molecule has 8 nitrogen and oxygen atoms in total. The van der Waals surface area contributed by atoms with Gasteiger partial charge in [-0.25, -0.2) is 0 Å². The van der Waals surface area contributed by atoms with Gasteiger partial charge in [-0.3, -0.25) is 4.55 Å². The first-order valence-corrected chi connectivity index (χ1v) is 8.37. The quantitative estimate of drug-likeness (QED) is 0.311. The molecule has 0 bridgehead atoms. The molecule has 10 heteroatoms. The van der Waals surface area contributed by atoms with Crippen molar-refractivity contribution in [3.8, 4) is 17.2 Å². The van der Waals surface area contributed by atoms with Crippen LogP contribution in [0, 0.1) is 0 Å². The second-order valence-electron chi connectivity index (χ2n) is 5.13.